The molecule has 2 aromatic rings. The molecule has 1 heterocycles. The first-order valence-corrected chi connectivity index (χ1v) is 11.4. The van der Waals surface area contributed by atoms with Crippen molar-refractivity contribution in [3.8, 4) is 0 Å². The second-order valence-corrected chi connectivity index (χ2v) is 9.39. The van der Waals surface area contributed by atoms with E-state index in [4.69, 9.17) is 0 Å². The van der Waals surface area contributed by atoms with Gasteiger partial charge in [0, 0.05) is 30.0 Å². The van der Waals surface area contributed by atoms with E-state index in [1.54, 1.807) is 4.90 Å². The highest BCUT2D eigenvalue weighted by atomic mass is 79.9. The summed E-state index contributed by atoms with van der Waals surface area (Å²) in [5.74, 6) is -0.399. The number of nitrogens with one attached hydrogen (secondary N) is 1. The van der Waals surface area contributed by atoms with Crippen LogP contribution >= 0.6 is 15.9 Å². The Bertz CT molecular complexity index is 927. The molecule has 5 nitrogen and oxygen atoms in total. The van der Waals surface area contributed by atoms with Crippen molar-refractivity contribution in [2.24, 2.45) is 0 Å². The summed E-state index contributed by atoms with van der Waals surface area (Å²) in [5, 5.41) is 0. The molecule has 8 heteroatoms. The van der Waals surface area contributed by atoms with Crippen LogP contribution < -0.4 is 4.72 Å². The largest absolute Gasteiger partial charge is 0.343 e. The van der Waals surface area contributed by atoms with Crippen molar-refractivity contribution in [3.63, 3.8) is 0 Å². The molecule has 3 rings (SSSR count). The maximum atomic E-state index is 13.0. The van der Waals surface area contributed by atoms with Crippen molar-refractivity contribution in [3.05, 3.63) is 64.4 Å². The Hall–Kier alpha value is -1.77. The van der Waals surface area contributed by atoms with Crippen LogP contribution in [0.5, 0.6) is 0 Å². The molecule has 0 saturated carbocycles. The zero-order chi connectivity index (χ0) is 20.1. The number of amides is 1. The van der Waals surface area contributed by atoms with Gasteiger partial charge in [-0.15, -0.1) is 0 Å². The molecule has 0 unspecified atom stereocenters. The van der Waals surface area contributed by atoms with Crippen LogP contribution in [0.25, 0.3) is 0 Å². The summed E-state index contributed by atoms with van der Waals surface area (Å²) in [7, 11) is -3.69. The molecule has 0 aliphatic carbocycles. The highest BCUT2D eigenvalue weighted by Crippen LogP contribution is 2.19. The third kappa shape index (κ3) is 5.40. The number of rotatable bonds is 6. The molecule has 1 N–H and O–H groups in total. The summed E-state index contributed by atoms with van der Waals surface area (Å²) in [4.78, 5) is 14.3. The highest BCUT2D eigenvalue weighted by molar-refractivity contribution is 9.10. The smallest absolute Gasteiger partial charge is 0.240 e. The van der Waals surface area contributed by atoms with E-state index in [2.05, 4.69) is 20.7 Å². The summed E-state index contributed by atoms with van der Waals surface area (Å²) in [6, 6.07) is 12.4. The van der Waals surface area contributed by atoms with Gasteiger partial charge in [0.15, 0.2) is 0 Å². The van der Waals surface area contributed by atoms with Gasteiger partial charge in [-0.3, -0.25) is 4.79 Å². The summed E-state index contributed by atoms with van der Waals surface area (Å²) in [6.45, 7) is 1.04. The van der Waals surface area contributed by atoms with Crippen molar-refractivity contribution < 1.29 is 17.6 Å². The van der Waals surface area contributed by atoms with E-state index in [1.807, 2.05) is 24.3 Å². The molecule has 2 aromatic carbocycles. The lowest BCUT2D eigenvalue weighted by Gasteiger charge is -2.32. The Kier molecular flexibility index (Phi) is 6.85. The lowest BCUT2D eigenvalue weighted by molar-refractivity contribution is -0.132. The van der Waals surface area contributed by atoms with Crippen LogP contribution in [0.1, 0.15) is 24.8 Å². The van der Waals surface area contributed by atoms with Gasteiger partial charge in [-0.05, 0) is 55.2 Å². The van der Waals surface area contributed by atoms with E-state index >= 15 is 0 Å². The predicted octanol–water partition coefficient (Wildman–Crippen LogP) is 3.49. The van der Waals surface area contributed by atoms with Gasteiger partial charge in [0.1, 0.15) is 5.82 Å². The van der Waals surface area contributed by atoms with Gasteiger partial charge in [-0.2, -0.15) is 0 Å². The van der Waals surface area contributed by atoms with Gasteiger partial charge in [0.05, 0.1) is 4.90 Å². The van der Waals surface area contributed by atoms with E-state index in [9.17, 15) is 17.6 Å². The number of carbonyl (C=O) groups is 1. The first-order valence-electron chi connectivity index (χ1n) is 9.14. The third-order valence-corrected chi connectivity index (χ3v) is 7.17. The van der Waals surface area contributed by atoms with Crippen LogP contribution in [-0.2, 0) is 21.2 Å². The number of carbonyl (C=O) groups excluding carboxylic acids is 1. The van der Waals surface area contributed by atoms with Crippen LogP contribution in [-0.4, -0.2) is 38.4 Å². The fourth-order valence-corrected chi connectivity index (χ4v) is 5.04. The Balaban J connectivity index is 1.49. The van der Waals surface area contributed by atoms with Crippen LogP contribution in [0.3, 0.4) is 0 Å². The molecule has 1 saturated heterocycles. The van der Waals surface area contributed by atoms with Crippen molar-refractivity contribution in [1.82, 2.24) is 9.62 Å². The SMILES string of the molecule is O=C(CCc1ccccc1Br)N1CCC(NS(=O)(=O)c2ccc(F)cc2)CC1. The topological polar surface area (TPSA) is 66.5 Å². The standard InChI is InChI=1S/C20H22BrFN2O3S/c21-19-4-2-1-3-15(19)5-10-20(25)24-13-11-17(12-14-24)23-28(26,27)18-8-6-16(22)7-9-18/h1-4,6-9,17,23H,5,10-14H2. The van der Waals surface area contributed by atoms with E-state index in [0.717, 1.165) is 22.2 Å². The number of hydrogen-bond acceptors (Lipinski definition) is 3. The van der Waals surface area contributed by atoms with Crippen molar-refractivity contribution in [2.75, 3.05) is 13.1 Å². The minimum Gasteiger partial charge on any atom is -0.343 e. The van der Waals surface area contributed by atoms with Crippen molar-refractivity contribution in [2.45, 2.75) is 36.6 Å². The normalized spacial score (nSPS) is 15.6. The molecular formula is C20H22BrFN2O3S. The predicted molar refractivity (Wildman–Crippen MR) is 109 cm³/mol. The summed E-state index contributed by atoms with van der Waals surface area (Å²) in [5.41, 5.74) is 1.10. The minimum absolute atomic E-state index is 0.0424. The Morgan fingerprint density at radius 1 is 1.11 bits per heavy atom. The van der Waals surface area contributed by atoms with Crippen LogP contribution in [0.15, 0.2) is 57.9 Å². The number of halogens is 2. The van der Waals surface area contributed by atoms with Crippen LogP contribution in [0, 0.1) is 5.82 Å². The lowest BCUT2D eigenvalue weighted by Crippen LogP contribution is -2.46. The van der Waals surface area contributed by atoms with Gasteiger partial charge < -0.3 is 4.90 Å². The molecule has 1 fully saturated rings. The molecule has 0 atom stereocenters. The quantitative estimate of drug-likeness (QED) is 0.705. The van der Waals surface area contributed by atoms with Crippen molar-refractivity contribution in [1.29, 1.82) is 0 Å². The molecule has 0 bridgehead atoms. The Morgan fingerprint density at radius 3 is 2.39 bits per heavy atom. The van der Waals surface area contributed by atoms with Gasteiger partial charge in [0.25, 0.3) is 0 Å². The van der Waals surface area contributed by atoms with Gasteiger partial charge in [-0.25, -0.2) is 17.5 Å². The molecule has 0 spiro atoms. The van der Waals surface area contributed by atoms with E-state index in [1.165, 1.54) is 12.1 Å². The molecule has 1 aliphatic rings. The minimum atomic E-state index is -3.69. The lowest BCUT2D eigenvalue weighted by atomic mass is 10.0. The van der Waals surface area contributed by atoms with Crippen LogP contribution in [0.4, 0.5) is 4.39 Å². The number of piperidine rings is 1. The third-order valence-electron chi connectivity index (χ3n) is 4.86. The fourth-order valence-electron chi connectivity index (χ4n) is 3.25. The molecule has 1 aliphatic heterocycles. The summed E-state index contributed by atoms with van der Waals surface area (Å²) >= 11 is 3.49. The second kappa shape index (κ2) is 9.15. The number of sulfonamides is 1. The maximum Gasteiger partial charge on any atom is 0.240 e. The average molecular weight is 469 g/mol. The number of benzene rings is 2. The first-order chi connectivity index (χ1) is 13.3. The fraction of sp³-hybridized carbons (Fsp3) is 0.350. The molecule has 0 aromatic heterocycles. The molecule has 0 radical (unpaired) electrons. The zero-order valence-electron chi connectivity index (χ0n) is 15.3. The Labute approximate surface area is 173 Å². The highest BCUT2D eigenvalue weighted by Gasteiger charge is 2.26. The van der Waals surface area contributed by atoms with Gasteiger partial charge >= 0.3 is 0 Å². The number of nitrogens with zero attached hydrogens (tertiary/aromatic N) is 1. The van der Waals surface area contributed by atoms with E-state index in [-0.39, 0.29) is 16.8 Å². The van der Waals surface area contributed by atoms with Crippen molar-refractivity contribution >= 4 is 31.9 Å². The average Bonchev–Trinajstić information content (AvgIpc) is 2.68. The first kappa shape index (κ1) is 21.0. The van der Waals surface area contributed by atoms with Crippen LogP contribution in [0.2, 0.25) is 0 Å². The number of aryl methyl sites for hydroxylation is 1. The van der Waals surface area contributed by atoms with Gasteiger partial charge in [0.2, 0.25) is 15.9 Å². The van der Waals surface area contributed by atoms with Gasteiger partial charge in [-0.1, -0.05) is 34.1 Å². The second-order valence-electron chi connectivity index (χ2n) is 6.82. The molecule has 28 heavy (non-hydrogen) atoms. The summed E-state index contributed by atoms with van der Waals surface area (Å²) < 4.78 is 41.4. The number of hydrogen-bond donors (Lipinski definition) is 1. The van der Waals surface area contributed by atoms with E-state index < -0.39 is 15.8 Å². The number of likely N-dealkylation sites (tertiary alicyclic amines) is 1. The zero-order valence-corrected chi connectivity index (χ0v) is 17.7. The molecular weight excluding hydrogens is 447 g/mol. The summed E-state index contributed by atoms with van der Waals surface area (Å²) in [6.07, 6.45) is 2.20. The monoisotopic (exact) mass is 468 g/mol. The molecule has 1 amide bonds. The van der Waals surface area contributed by atoms with E-state index in [0.29, 0.717) is 38.8 Å². The maximum absolute atomic E-state index is 13.0. The Morgan fingerprint density at radius 2 is 1.75 bits per heavy atom. The molecule has 150 valence electrons.